The maximum atomic E-state index is 5.99. The first-order valence-electron chi connectivity index (χ1n) is 8.25. The summed E-state index contributed by atoms with van der Waals surface area (Å²) in [6, 6.07) is 20.6. The normalized spacial score (nSPS) is 11.0. The van der Waals surface area contributed by atoms with Gasteiger partial charge < -0.3 is 9.73 Å². The molecule has 1 N–H and O–H groups in total. The van der Waals surface area contributed by atoms with Crippen molar-refractivity contribution >= 4 is 46.2 Å². The van der Waals surface area contributed by atoms with Crippen LogP contribution in [0.1, 0.15) is 11.1 Å². The van der Waals surface area contributed by atoms with Crippen molar-refractivity contribution in [1.82, 2.24) is 4.98 Å². The van der Waals surface area contributed by atoms with Crippen molar-refractivity contribution < 1.29 is 4.42 Å². The summed E-state index contributed by atoms with van der Waals surface area (Å²) < 4.78 is 5.69. The Bertz CT molecular complexity index is 1070. The Kier molecular flexibility index (Phi) is 4.62. The van der Waals surface area contributed by atoms with Crippen LogP contribution in [0.5, 0.6) is 0 Å². The number of benzene rings is 3. The molecule has 1 heterocycles. The molecule has 0 radical (unpaired) electrons. The number of rotatable bonds is 4. The maximum absolute atomic E-state index is 5.99. The van der Waals surface area contributed by atoms with Crippen LogP contribution in [0.3, 0.4) is 0 Å². The Morgan fingerprint density at radius 1 is 0.885 bits per heavy atom. The second-order valence-corrected chi connectivity index (χ2v) is 7.71. The van der Waals surface area contributed by atoms with Crippen LogP contribution in [-0.4, -0.2) is 4.98 Å². The lowest BCUT2D eigenvalue weighted by molar-refractivity contribution is 0.623. The molecule has 26 heavy (non-hydrogen) atoms. The predicted octanol–water partition coefficient (Wildman–Crippen LogP) is 6.99. The average molecular weight is 381 g/mol. The van der Waals surface area contributed by atoms with Gasteiger partial charge in [0.2, 0.25) is 0 Å². The lowest BCUT2D eigenvalue weighted by atomic mass is 10.1. The van der Waals surface area contributed by atoms with Gasteiger partial charge in [0.25, 0.3) is 6.01 Å². The zero-order chi connectivity index (χ0) is 18.1. The lowest BCUT2D eigenvalue weighted by Crippen LogP contribution is -1.89. The minimum absolute atomic E-state index is 0.455. The van der Waals surface area contributed by atoms with E-state index in [1.807, 2.05) is 18.2 Å². The van der Waals surface area contributed by atoms with Crippen molar-refractivity contribution in [2.75, 3.05) is 5.32 Å². The highest BCUT2D eigenvalue weighted by Crippen LogP contribution is 2.31. The molecule has 0 aliphatic rings. The zero-order valence-electron chi connectivity index (χ0n) is 14.4. The van der Waals surface area contributed by atoms with Gasteiger partial charge in [-0.3, -0.25) is 0 Å². The van der Waals surface area contributed by atoms with Gasteiger partial charge in [0.1, 0.15) is 5.52 Å². The van der Waals surface area contributed by atoms with Gasteiger partial charge in [-0.05, 0) is 79.6 Å². The largest absolute Gasteiger partial charge is 0.423 e. The molecule has 4 aromatic rings. The van der Waals surface area contributed by atoms with E-state index in [1.54, 1.807) is 23.9 Å². The van der Waals surface area contributed by atoms with E-state index >= 15 is 0 Å². The standard InChI is InChI=1S/C21H17ClN2OS/c1-13-3-7-18(11-14(13)2)26-17-8-5-16(6-9-17)23-21-24-19-12-15(22)4-10-20(19)25-21/h3-12H,1-2H3,(H,23,24). The van der Waals surface area contributed by atoms with Crippen molar-refractivity contribution in [2.45, 2.75) is 23.6 Å². The minimum Gasteiger partial charge on any atom is -0.423 e. The fraction of sp³-hybridized carbons (Fsp3) is 0.0952. The van der Waals surface area contributed by atoms with Crippen LogP contribution in [0.4, 0.5) is 11.7 Å². The molecule has 0 atom stereocenters. The van der Waals surface area contributed by atoms with E-state index in [1.165, 1.54) is 20.9 Å². The Hall–Kier alpha value is -2.43. The van der Waals surface area contributed by atoms with E-state index in [0.717, 1.165) is 11.2 Å². The number of oxazole rings is 1. The number of hydrogen-bond acceptors (Lipinski definition) is 4. The van der Waals surface area contributed by atoms with Gasteiger partial charge in [0.15, 0.2) is 5.58 Å². The van der Waals surface area contributed by atoms with Gasteiger partial charge in [0.05, 0.1) is 0 Å². The summed E-state index contributed by atoms with van der Waals surface area (Å²) in [5.74, 6) is 0. The second kappa shape index (κ2) is 7.06. The number of aromatic nitrogens is 1. The van der Waals surface area contributed by atoms with Gasteiger partial charge in [0, 0.05) is 20.5 Å². The number of halogens is 1. The molecule has 1 aromatic heterocycles. The van der Waals surface area contributed by atoms with Crippen molar-refractivity contribution in [2.24, 2.45) is 0 Å². The molecule has 0 bridgehead atoms. The summed E-state index contributed by atoms with van der Waals surface area (Å²) in [6.07, 6.45) is 0. The van der Waals surface area contributed by atoms with Crippen molar-refractivity contribution in [1.29, 1.82) is 0 Å². The van der Waals surface area contributed by atoms with Crippen LogP contribution < -0.4 is 5.32 Å². The van der Waals surface area contributed by atoms with E-state index in [2.05, 4.69) is 54.5 Å². The SMILES string of the molecule is Cc1ccc(Sc2ccc(Nc3nc4cc(Cl)ccc4o3)cc2)cc1C. The number of aryl methyl sites for hydroxylation is 2. The number of anilines is 2. The van der Waals surface area contributed by atoms with Crippen molar-refractivity contribution in [3.8, 4) is 0 Å². The van der Waals surface area contributed by atoms with Crippen LogP contribution in [0, 0.1) is 13.8 Å². The van der Waals surface area contributed by atoms with E-state index in [4.69, 9.17) is 16.0 Å². The average Bonchev–Trinajstić information content (AvgIpc) is 3.01. The lowest BCUT2D eigenvalue weighted by Gasteiger charge is -2.06. The smallest absolute Gasteiger partial charge is 0.300 e. The quantitative estimate of drug-likeness (QED) is 0.414. The minimum atomic E-state index is 0.455. The molecule has 5 heteroatoms. The fourth-order valence-corrected chi connectivity index (χ4v) is 3.68. The molecule has 0 aliphatic carbocycles. The number of hydrogen-bond donors (Lipinski definition) is 1. The summed E-state index contributed by atoms with van der Waals surface area (Å²) in [7, 11) is 0. The molecule has 4 rings (SSSR count). The zero-order valence-corrected chi connectivity index (χ0v) is 16.0. The van der Waals surface area contributed by atoms with Gasteiger partial charge in [-0.1, -0.05) is 29.4 Å². The molecule has 0 amide bonds. The Morgan fingerprint density at radius 3 is 2.42 bits per heavy atom. The molecule has 0 aliphatic heterocycles. The van der Waals surface area contributed by atoms with E-state index < -0.39 is 0 Å². The topological polar surface area (TPSA) is 38.1 Å². The monoisotopic (exact) mass is 380 g/mol. The summed E-state index contributed by atoms with van der Waals surface area (Å²) in [6.45, 7) is 4.27. The molecule has 0 unspecified atom stereocenters. The summed E-state index contributed by atoms with van der Waals surface area (Å²) in [5, 5.41) is 3.83. The third kappa shape index (κ3) is 3.71. The molecule has 3 nitrogen and oxygen atoms in total. The fourth-order valence-electron chi connectivity index (χ4n) is 2.60. The Morgan fingerprint density at radius 2 is 1.65 bits per heavy atom. The maximum Gasteiger partial charge on any atom is 0.300 e. The summed E-state index contributed by atoms with van der Waals surface area (Å²) in [5.41, 5.74) is 4.99. The van der Waals surface area contributed by atoms with Gasteiger partial charge >= 0.3 is 0 Å². The Labute approximate surface area is 161 Å². The second-order valence-electron chi connectivity index (χ2n) is 6.13. The Balaban J connectivity index is 1.48. The predicted molar refractivity (Wildman–Crippen MR) is 109 cm³/mol. The molecular weight excluding hydrogens is 364 g/mol. The van der Waals surface area contributed by atoms with Gasteiger partial charge in [-0.25, -0.2) is 0 Å². The first kappa shape index (κ1) is 17.0. The summed E-state index contributed by atoms with van der Waals surface area (Å²) in [4.78, 5) is 6.83. The van der Waals surface area contributed by atoms with Gasteiger partial charge in [-0.15, -0.1) is 0 Å². The summed E-state index contributed by atoms with van der Waals surface area (Å²) >= 11 is 7.74. The van der Waals surface area contributed by atoms with Gasteiger partial charge in [-0.2, -0.15) is 4.98 Å². The molecule has 0 spiro atoms. The van der Waals surface area contributed by atoms with Crippen molar-refractivity contribution in [3.05, 3.63) is 76.8 Å². The third-order valence-electron chi connectivity index (χ3n) is 4.17. The highest BCUT2D eigenvalue weighted by molar-refractivity contribution is 7.99. The molecular formula is C21H17ClN2OS. The van der Waals surface area contributed by atoms with Crippen LogP contribution in [-0.2, 0) is 0 Å². The van der Waals surface area contributed by atoms with E-state index in [-0.39, 0.29) is 0 Å². The van der Waals surface area contributed by atoms with E-state index in [9.17, 15) is 0 Å². The highest BCUT2D eigenvalue weighted by Gasteiger charge is 2.07. The molecule has 0 fully saturated rings. The third-order valence-corrected chi connectivity index (χ3v) is 5.40. The van der Waals surface area contributed by atoms with Crippen LogP contribution in [0.2, 0.25) is 5.02 Å². The molecule has 130 valence electrons. The first-order valence-corrected chi connectivity index (χ1v) is 9.44. The van der Waals surface area contributed by atoms with E-state index in [0.29, 0.717) is 16.6 Å². The molecule has 0 saturated heterocycles. The number of fused-ring (bicyclic) bond motifs is 1. The first-order chi connectivity index (χ1) is 12.6. The van der Waals surface area contributed by atoms with Crippen LogP contribution in [0.15, 0.2) is 74.9 Å². The van der Waals surface area contributed by atoms with Crippen LogP contribution >= 0.6 is 23.4 Å². The molecule has 0 saturated carbocycles. The highest BCUT2D eigenvalue weighted by atomic mass is 35.5. The van der Waals surface area contributed by atoms with Crippen molar-refractivity contribution in [3.63, 3.8) is 0 Å². The molecule has 3 aromatic carbocycles. The number of nitrogens with one attached hydrogen (secondary N) is 1. The number of nitrogens with zero attached hydrogens (tertiary/aromatic N) is 1. The van der Waals surface area contributed by atoms with Crippen LogP contribution in [0.25, 0.3) is 11.1 Å².